The molecule has 0 bridgehead atoms. The first-order valence-electron chi connectivity index (χ1n) is 10.3. The van der Waals surface area contributed by atoms with Crippen LogP contribution in [-0.2, 0) is 16.0 Å². The van der Waals surface area contributed by atoms with E-state index in [4.69, 9.17) is 0 Å². The highest BCUT2D eigenvalue weighted by atomic mass is 32.1. The van der Waals surface area contributed by atoms with Gasteiger partial charge >= 0.3 is 6.18 Å². The fourth-order valence-electron chi connectivity index (χ4n) is 3.89. The average molecular weight is 469 g/mol. The summed E-state index contributed by atoms with van der Waals surface area (Å²) in [5.41, 5.74) is -2.18. The topological polar surface area (TPSA) is 95.4 Å². The quantitative estimate of drug-likeness (QED) is 0.679. The molecular formula is C21H23F3N4O3S. The van der Waals surface area contributed by atoms with Crippen molar-refractivity contribution in [1.29, 1.82) is 0 Å². The fourth-order valence-corrected chi connectivity index (χ4v) is 4.68. The Bertz CT molecular complexity index is 992. The number of carbonyl (C=O) groups excluding carboxylic acids is 2. The SMILES string of the molecule is CC(O)(C(=O)N[C@@H]1CN(C(=O)Cc2csc(-c3ccccn3)n2)C[C@H]1C1CC1)C(F)(F)F. The van der Waals surface area contributed by atoms with Gasteiger partial charge in [0.15, 0.2) is 0 Å². The standard InChI is InChI=1S/C21H23F3N4O3S/c1-20(31,21(22,23)24)19(30)27-16-10-28(9-14(16)12-5-6-12)17(29)8-13-11-32-18(26-13)15-4-2-3-7-25-15/h2-4,7,11-12,14,16,31H,5-6,8-10H2,1H3,(H,27,30)/t14-,16+,20?/m0/s1. The number of hydrogen-bond acceptors (Lipinski definition) is 6. The fraction of sp³-hybridized carbons (Fsp3) is 0.524. The van der Waals surface area contributed by atoms with Crippen molar-refractivity contribution in [1.82, 2.24) is 20.2 Å². The van der Waals surface area contributed by atoms with E-state index in [0.29, 0.717) is 29.9 Å². The number of hydrogen-bond donors (Lipinski definition) is 2. The van der Waals surface area contributed by atoms with Gasteiger partial charge in [0.25, 0.3) is 5.91 Å². The smallest absolute Gasteiger partial charge is 0.373 e. The van der Waals surface area contributed by atoms with Crippen LogP contribution in [0.3, 0.4) is 0 Å². The van der Waals surface area contributed by atoms with Crippen LogP contribution in [0.4, 0.5) is 13.2 Å². The lowest BCUT2D eigenvalue weighted by Crippen LogP contribution is -2.58. The first kappa shape index (κ1) is 22.7. The molecule has 2 fully saturated rings. The lowest BCUT2D eigenvalue weighted by atomic mass is 9.96. The highest BCUT2D eigenvalue weighted by Crippen LogP contribution is 2.42. The van der Waals surface area contributed by atoms with E-state index in [1.54, 1.807) is 22.5 Å². The van der Waals surface area contributed by atoms with Crippen LogP contribution in [0.5, 0.6) is 0 Å². The number of halogens is 3. The molecule has 11 heteroatoms. The Labute approximate surface area is 186 Å². The number of thiazole rings is 1. The minimum Gasteiger partial charge on any atom is -0.373 e. The normalized spacial score (nSPS) is 23.1. The highest BCUT2D eigenvalue weighted by molar-refractivity contribution is 7.13. The van der Waals surface area contributed by atoms with E-state index in [1.165, 1.54) is 11.3 Å². The Kier molecular flexibility index (Phi) is 5.97. The molecule has 3 heterocycles. The minimum atomic E-state index is -5.09. The molecule has 0 aromatic carbocycles. The number of nitrogens with one attached hydrogen (secondary N) is 1. The van der Waals surface area contributed by atoms with Gasteiger partial charge in [0.05, 0.1) is 23.9 Å². The zero-order chi connectivity index (χ0) is 23.1. The molecule has 1 aliphatic heterocycles. The summed E-state index contributed by atoms with van der Waals surface area (Å²) in [6.45, 7) is 0.907. The predicted molar refractivity (Wildman–Crippen MR) is 110 cm³/mol. The van der Waals surface area contributed by atoms with E-state index >= 15 is 0 Å². The maximum atomic E-state index is 13.0. The van der Waals surface area contributed by atoms with Crippen LogP contribution in [0, 0.1) is 11.8 Å². The molecule has 0 spiro atoms. The van der Waals surface area contributed by atoms with Gasteiger partial charge < -0.3 is 15.3 Å². The summed E-state index contributed by atoms with van der Waals surface area (Å²) in [6, 6.07) is 4.84. The van der Waals surface area contributed by atoms with Gasteiger partial charge in [0.1, 0.15) is 5.01 Å². The number of likely N-dealkylation sites (tertiary alicyclic amines) is 1. The Morgan fingerprint density at radius 2 is 2.03 bits per heavy atom. The summed E-state index contributed by atoms with van der Waals surface area (Å²) in [4.78, 5) is 35.3. The van der Waals surface area contributed by atoms with Gasteiger partial charge in [-0.15, -0.1) is 11.3 Å². The first-order valence-corrected chi connectivity index (χ1v) is 11.2. The van der Waals surface area contributed by atoms with Crippen LogP contribution in [0.1, 0.15) is 25.5 Å². The molecular weight excluding hydrogens is 445 g/mol. The molecule has 1 saturated heterocycles. The van der Waals surface area contributed by atoms with Crippen LogP contribution in [0.15, 0.2) is 29.8 Å². The zero-order valence-corrected chi connectivity index (χ0v) is 18.1. The van der Waals surface area contributed by atoms with Crippen molar-refractivity contribution in [2.75, 3.05) is 13.1 Å². The van der Waals surface area contributed by atoms with Gasteiger partial charge in [-0.1, -0.05) is 6.07 Å². The number of rotatable bonds is 6. The molecule has 4 rings (SSSR count). The van der Waals surface area contributed by atoms with E-state index in [-0.39, 0.29) is 30.7 Å². The third kappa shape index (κ3) is 4.63. The maximum Gasteiger partial charge on any atom is 0.426 e. The first-order chi connectivity index (χ1) is 15.1. The molecule has 2 aliphatic rings. The zero-order valence-electron chi connectivity index (χ0n) is 17.3. The number of amides is 2. The van der Waals surface area contributed by atoms with E-state index in [0.717, 1.165) is 12.8 Å². The summed E-state index contributed by atoms with van der Waals surface area (Å²) in [6.07, 6.45) is -1.55. The molecule has 7 nitrogen and oxygen atoms in total. The number of nitrogens with zero attached hydrogens (tertiary/aromatic N) is 3. The van der Waals surface area contributed by atoms with Crippen LogP contribution in [0.25, 0.3) is 10.7 Å². The number of aliphatic hydroxyl groups is 1. The Morgan fingerprint density at radius 1 is 1.28 bits per heavy atom. The Morgan fingerprint density at radius 3 is 2.66 bits per heavy atom. The van der Waals surface area contributed by atoms with Gasteiger partial charge in [-0.2, -0.15) is 13.2 Å². The van der Waals surface area contributed by atoms with E-state index in [1.807, 2.05) is 12.1 Å². The molecule has 3 atom stereocenters. The summed E-state index contributed by atoms with van der Waals surface area (Å²) < 4.78 is 39.0. The third-order valence-electron chi connectivity index (χ3n) is 6.02. The third-order valence-corrected chi connectivity index (χ3v) is 6.94. The molecule has 0 radical (unpaired) electrons. The van der Waals surface area contributed by atoms with Crippen molar-refractivity contribution in [2.45, 2.75) is 44.0 Å². The van der Waals surface area contributed by atoms with Crippen molar-refractivity contribution >= 4 is 23.2 Å². The monoisotopic (exact) mass is 468 g/mol. The summed E-state index contributed by atoms with van der Waals surface area (Å²) >= 11 is 1.38. The average Bonchev–Trinajstić information content (AvgIpc) is 3.33. The van der Waals surface area contributed by atoms with Gasteiger partial charge in [-0.3, -0.25) is 14.6 Å². The second-order valence-electron chi connectivity index (χ2n) is 8.49. The van der Waals surface area contributed by atoms with Crippen LogP contribution >= 0.6 is 11.3 Å². The van der Waals surface area contributed by atoms with Gasteiger partial charge in [0, 0.05) is 30.6 Å². The summed E-state index contributed by atoms with van der Waals surface area (Å²) in [5.74, 6) is -1.57. The van der Waals surface area contributed by atoms with Gasteiger partial charge in [-0.25, -0.2) is 4.98 Å². The molecule has 32 heavy (non-hydrogen) atoms. The molecule has 1 unspecified atom stereocenters. The second-order valence-corrected chi connectivity index (χ2v) is 9.34. The number of pyridine rings is 1. The molecule has 2 amide bonds. The van der Waals surface area contributed by atoms with E-state index in [2.05, 4.69) is 15.3 Å². The van der Waals surface area contributed by atoms with Gasteiger partial charge in [-0.05, 0) is 37.8 Å². The molecule has 2 N–H and O–H groups in total. The molecule has 1 aliphatic carbocycles. The van der Waals surface area contributed by atoms with Crippen molar-refractivity contribution < 1.29 is 27.9 Å². The largest absolute Gasteiger partial charge is 0.426 e. The van der Waals surface area contributed by atoms with Crippen LogP contribution < -0.4 is 5.32 Å². The minimum absolute atomic E-state index is 0.0572. The lowest BCUT2D eigenvalue weighted by Gasteiger charge is -2.28. The van der Waals surface area contributed by atoms with Crippen molar-refractivity contribution in [3.8, 4) is 10.7 Å². The van der Waals surface area contributed by atoms with Crippen LogP contribution in [0.2, 0.25) is 0 Å². The Balaban J connectivity index is 1.41. The van der Waals surface area contributed by atoms with Crippen molar-refractivity contribution in [3.63, 3.8) is 0 Å². The summed E-state index contributed by atoms with van der Waals surface area (Å²) in [7, 11) is 0. The molecule has 2 aromatic rings. The highest BCUT2D eigenvalue weighted by Gasteiger charge is 2.57. The molecule has 172 valence electrons. The number of carbonyl (C=O) groups is 2. The van der Waals surface area contributed by atoms with Gasteiger partial charge in [0.2, 0.25) is 11.5 Å². The van der Waals surface area contributed by atoms with E-state index in [9.17, 15) is 27.9 Å². The van der Waals surface area contributed by atoms with E-state index < -0.39 is 23.7 Å². The molecule has 2 aromatic heterocycles. The van der Waals surface area contributed by atoms with Crippen LogP contribution in [-0.4, -0.2) is 62.7 Å². The second kappa shape index (κ2) is 8.43. The number of alkyl halides is 3. The summed E-state index contributed by atoms with van der Waals surface area (Å²) in [5, 5.41) is 14.5. The number of aromatic nitrogens is 2. The Hall–Kier alpha value is -2.53. The van der Waals surface area contributed by atoms with Crippen molar-refractivity contribution in [2.24, 2.45) is 11.8 Å². The van der Waals surface area contributed by atoms with Crippen molar-refractivity contribution in [3.05, 3.63) is 35.5 Å². The molecule has 1 saturated carbocycles. The maximum absolute atomic E-state index is 13.0. The predicted octanol–water partition coefficient (Wildman–Crippen LogP) is 2.41. The lowest BCUT2D eigenvalue weighted by molar-refractivity contribution is -0.245.